The van der Waals surface area contributed by atoms with Crippen molar-refractivity contribution >= 4 is 71.5 Å². The van der Waals surface area contributed by atoms with Crippen molar-refractivity contribution in [2.45, 2.75) is 6.92 Å². The molecule has 0 saturated heterocycles. The van der Waals surface area contributed by atoms with Crippen LogP contribution in [0, 0.1) is 6.92 Å². The fourth-order valence-electron chi connectivity index (χ4n) is 1.85. The highest BCUT2D eigenvalue weighted by Gasteiger charge is 2.10. The smallest absolute Gasteiger partial charge is 0.188 e. The third-order valence-corrected chi connectivity index (χ3v) is 4.77. The van der Waals surface area contributed by atoms with E-state index >= 15 is 0 Å². The average Bonchev–Trinajstić information content (AvgIpc) is 2.75. The van der Waals surface area contributed by atoms with Crippen LogP contribution in [0.4, 0.5) is 10.8 Å². The summed E-state index contributed by atoms with van der Waals surface area (Å²) in [7, 11) is 0. The largest absolute Gasteiger partial charge is 0.329 e. The molecule has 0 amide bonds. The molecular formula is C14H9BrCl2N2S. The molecule has 1 aromatic heterocycles. The summed E-state index contributed by atoms with van der Waals surface area (Å²) in [4.78, 5) is 4.53. The minimum absolute atomic E-state index is 0.555. The van der Waals surface area contributed by atoms with Gasteiger partial charge in [0.2, 0.25) is 0 Å². The van der Waals surface area contributed by atoms with Crippen LogP contribution < -0.4 is 5.32 Å². The number of aromatic nitrogens is 1. The van der Waals surface area contributed by atoms with Gasteiger partial charge in [0.05, 0.1) is 25.9 Å². The van der Waals surface area contributed by atoms with Crippen LogP contribution in [-0.2, 0) is 0 Å². The van der Waals surface area contributed by atoms with Gasteiger partial charge in [-0.3, -0.25) is 0 Å². The molecule has 102 valence electrons. The second-order valence-corrected chi connectivity index (χ2v) is 7.12. The number of anilines is 2. The van der Waals surface area contributed by atoms with Crippen LogP contribution in [-0.4, -0.2) is 4.98 Å². The Kier molecular flexibility index (Phi) is 3.91. The first-order chi connectivity index (χ1) is 9.52. The molecule has 0 aliphatic heterocycles. The molecule has 3 aromatic rings. The first-order valence-corrected chi connectivity index (χ1v) is 8.18. The zero-order valence-electron chi connectivity index (χ0n) is 10.4. The molecule has 0 atom stereocenters. The number of benzene rings is 2. The Morgan fingerprint density at radius 3 is 2.55 bits per heavy atom. The van der Waals surface area contributed by atoms with E-state index in [2.05, 4.69) is 39.2 Å². The van der Waals surface area contributed by atoms with Crippen molar-refractivity contribution in [1.82, 2.24) is 4.98 Å². The van der Waals surface area contributed by atoms with Crippen molar-refractivity contribution in [3.8, 4) is 0 Å². The number of nitrogens with zero attached hydrogens (tertiary/aromatic N) is 1. The number of aryl methyl sites for hydroxylation is 1. The molecule has 6 heteroatoms. The topological polar surface area (TPSA) is 24.9 Å². The maximum Gasteiger partial charge on any atom is 0.188 e. The second kappa shape index (κ2) is 5.53. The number of hydrogen-bond donors (Lipinski definition) is 1. The van der Waals surface area contributed by atoms with Gasteiger partial charge < -0.3 is 5.32 Å². The fraction of sp³-hybridized carbons (Fsp3) is 0.0714. The van der Waals surface area contributed by atoms with E-state index < -0.39 is 0 Å². The van der Waals surface area contributed by atoms with Gasteiger partial charge in [0.25, 0.3) is 0 Å². The van der Waals surface area contributed by atoms with Gasteiger partial charge >= 0.3 is 0 Å². The lowest BCUT2D eigenvalue weighted by Crippen LogP contribution is -1.91. The van der Waals surface area contributed by atoms with Crippen LogP contribution >= 0.6 is 50.5 Å². The second-order valence-electron chi connectivity index (χ2n) is 4.36. The Hall–Kier alpha value is -0.810. The highest BCUT2D eigenvalue weighted by atomic mass is 79.9. The van der Waals surface area contributed by atoms with E-state index in [-0.39, 0.29) is 0 Å². The average molecular weight is 388 g/mol. The first-order valence-electron chi connectivity index (χ1n) is 5.82. The van der Waals surface area contributed by atoms with Gasteiger partial charge in [-0.2, -0.15) is 0 Å². The van der Waals surface area contributed by atoms with Crippen LogP contribution in [0.1, 0.15) is 5.56 Å². The molecule has 3 rings (SSSR count). The van der Waals surface area contributed by atoms with E-state index in [0.29, 0.717) is 15.7 Å². The summed E-state index contributed by atoms with van der Waals surface area (Å²) in [5.74, 6) is 0. The van der Waals surface area contributed by atoms with E-state index in [4.69, 9.17) is 23.2 Å². The molecule has 0 unspecified atom stereocenters. The van der Waals surface area contributed by atoms with Crippen LogP contribution in [0.5, 0.6) is 0 Å². The van der Waals surface area contributed by atoms with E-state index in [0.717, 1.165) is 19.8 Å². The normalized spacial score (nSPS) is 11.0. The van der Waals surface area contributed by atoms with Crippen molar-refractivity contribution in [3.05, 3.63) is 50.4 Å². The maximum absolute atomic E-state index is 6.21. The fourth-order valence-corrected chi connectivity index (χ4v) is 4.13. The minimum atomic E-state index is 0.555. The van der Waals surface area contributed by atoms with Crippen molar-refractivity contribution in [1.29, 1.82) is 0 Å². The molecule has 0 spiro atoms. The summed E-state index contributed by atoms with van der Waals surface area (Å²) in [5, 5.41) is 5.08. The van der Waals surface area contributed by atoms with Gasteiger partial charge in [-0.1, -0.05) is 56.5 Å². The number of fused-ring (bicyclic) bond motifs is 1. The number of nitrogens with one attached hydrogen (secondary N) is 1. The third-order valence-electron chi connectivity index (χ3n) is 2.78. The molecule has 0 aliphatic rings. The number of halogens is 3. The zero-order chi connectivity index (χ0) is 14.3. The molecule has 1 heterocycles. The maximum atomic E-state index is 6.21. The van der Waals surface area contributed by atoms with Gasteiger partial charge in [-0.25, -0.2) is 4.98 Å². The molecule has 0 saturated carbocycles. The summed E-state index contributed by atoms with van der Waals surface area (Å²) in [6, 6.07) is 9.77. The molecule has 20 heavy (non-hydrogen) atoms. The molecule has 1 N–H and O–H groups in total. The lowest BCUT2D eigenvalue weighted by atomic mass is 10.2. The number of rotatable bonds is 2. The van der Waals surface area contributed by atoms with Crippen LogP contribution in [0.15, 0.2) is 34.8 Å². The van der Waals surface area contributed by atoms with Gasteiger partial charge in [0.15, 0.2) is 5.13 Å². The van der Waals surface area contributed by atoms with Crippen LogP contribution in [0.25, 0.3) is 10.2 Å². The van der Waals surface area contributed by atoms with E-state index in [9.17, 15) is 0 Å². The number of thiazole rings is 1. The Labute approximate surface area is 138 Å². The Morgan fingerprint density at radius 2 is 1.85 bits per heavy atom. The third kappa shape index (κ3) is 2.79. The number of hydrogen-bond acceptors (Lipinski definition) is 3. The quantitative estimate of drug-likeness (QED) is 0.548. The minimum Gasteiger partial charge on any atom is -0.329 e. The molecule has 0 bridgehead atoms. The Bertz CT molecular complexity index is 778. The molecular weight excluding hydrogens is 379 g/mol. The standard InChI is InChI=1S/C14H9BrCl2N2S/c1-7-2-3-11-12(4-7)20-14(18-11)19-13-9(16)5-8(15)6-10(13)17/h2-6H,1H3,(H,18,19). The lowest BCUT2D eigenvalue weighted by Gasteiger charge is -2.08. The van der Waals surface area contributed by atoms with Gasteiger partial charge in [0, 0.05) is 4.47 Å². The van der Waals surface area contributed by atoms with Gasteiger partial charge in [0.1, 0.15) is 0 Å². The van der Waals surface area contributed by atoms with Crippen molar-refractivity contribution in [2.24, 2.45) is 0 Å². The summed E-state index contributed by atoms with van der Waals surface area (Å²) in [6.07, 6.45) is 0. The van der Waals surface area contributed by atoms with Crippen LogP contribution in [0.2, 0.25) is 10.0 Å². The first kappa shape index (κ1) is 14.1. The van der Waals surface area contributed by atoms with Crippen molar-refractivity contribution in [2.75, 3.05) is 5.32 Å². The van der Waals surface area contributed by atoms with E-state index in [1.807, 2.05) is 12.1 Å². The molecule has 0 fully saturated rings. The van der Waals surface area contributed by atoms with Gasteiger partial charge in [-0.05, 0) is 36.8 Å². The predicted octanol–water partition coefficient (Wildman–Crippen LogP) is 6.42. The highest BCUT2D eigenvalue weighted by Crippen LogP contribution is 2.37. The summed E-state index contributed by atoms with van der Waals surface area (Å²) in [5.41, 5.74) is 2.85. The Morgan fingerprint density at radius 1 is 1.15 bits per heavy atom. The van der Waals surface area contributed by atoms with E-state index in [1.165, 1.54) is 5.56 Å². The lowest BCUT2D eigenvalue weighted by molar-refractivity contribution is 1.43. The monoisotopic (exact) mass is 386 g/mol. The summed E-state index contributed by atoms with van der Waals surface area (Å²) < 4.78 is 1.98. The van der Waals surface area contributed by atoms with Crippen LogP contribution in [0.3, 0.4) is 0 Å². The summed E-state index contributed by atoms with van der Waals surface area (Å²) >= 11 is 17.4. The van der Waals surface area contributed by atoms with E-state index in [1.54, 1.807) is 23.5 Å². The predicted molar refractivity (Wildman–Crippen MR) is 91.8 cm³/mol. The molecule has 0 aliphatic carbocycles. The highest BCUT2D eigenvalue weighted by molar-refractivity contribution is 9.10. The Balaban J connectivity index is 2.01. The SMILES string of the molecule is Cc1ccc2nc(Nc3c(Cl)cc(Br)cc3Cl)sc2c1. The zero-order valence-corrected chi connectivity index (χ0v) is 14.3. The van der Waals surface area contributed by atoms with Crippen molar-refractivity contribution < 1.29 is 0 Å². The van der Waals surface area contributed by atoms with Gasteiger partial charge in [-0.15, -0.1) is 0 Å². The molecule has 2 aromatic carbocycles. The summed E-state index contributed by atoms with van der Waals surface area (Å²) in [6.45, 7) is 2.06. The van der Waals surface area contributed by atoms with Crippen molar-refractivity contribution in [3.63, 3.8) is 0 Å². The molecule has 2 nitrogen and oxygen atoms in total. The molecule has 0 radical (unpaired) electrons.